The predicted molar refractivity (Wildman–Crippen MR) is 140 cm³/mol. The fourth-order valence-corrected chi connectivity index (χ4v) is 5.01. The normalized spacial score (nSPS) is 16.9. The molecule has 0 radical (unpaired) electrons. The van der Waals surface area contributed by atoms with Gasteiger partial charge in [0.25, 0.3) is 0 Å². The number of aromatic nitrogens is 4. The lowest BCUT2D eigenvalue weighted by Gasteiger charge is -2.26. The number of halogens is 1. The van der Waals surface area contributed by atoms with E-state index in [4.69, 9.17) is 19.4 Å². The fraction of sp³-hybridized carbons (Fsp3) is 0.345. The van der Waals surface area contributed by atoms with Gasteiger partial charge in [-0.3, -0.25) is 0 Å². The SMILES string of the molecule is COc1ccc(COC[C@@H]2CCc3nc(-c4ccc(F)cc4)c(-c4ccnc(NC5CCC5)n4)n32)cc1. The van der Waals surface area contributed by atoms with Crippen molar-refractivity contribution in [1.82, 2.24) is 19.5 Å². The van der Waals surface area contributed by atoms with Gasteiger partial charge in [0.1, 0.15) is 17.4 Å². The van der Waals surface area contributed by atoms with Crippen molar-refractivity contribution in [3.63, 3.8) is 0 Å². The molecule has 0 bridgehead atoms. The molecular formula is C29H30FN5O2. The van der Waals surface area contributed by atoms with Crippen LogP contribution in [0.5, 0.6) is 5.75 Å². The molecule has 37 heavy (non-hydrogen) atoms. The molecule has 2 aromatic carbocycles. The molecule has 1 saturated carbocycles. The Labute approximate surface area is 215 Å². The Morgan fingerprint density at radius 1 is 1.00 bits per heavy atom. The molecular weight excluding hydrogens is 469 g/mol. The number of ether oxygens (including phenoxy) is 2. The van der Waals surface area contributed by atoms with E-state index in [2.05, 4.69) is 14.9 Å². The van der Waals surface area contributed by atoms with Crippen LogP contribution in [0.2, 0.25) is 0 Å². The lowest BCUT2D eigenvalue weighted by molar-refractivity contribution is 0.0924. The van der Waals surface area contributed by atoms with Gasteiger partial charge in [0, 0.05) is 24.2 Å². The minimum Gasteiger partial charge on any atom is -0.497 e. The number of benzene rings is 2. The van der Waals surface area contributed by atoms with Crippen LogP contribution in [-0.2, 0) is 17.8 Å². The van der Waals surface area contributed by atoms with Crippen LogP contribution in [0.3, 0.4) is 0 Å². The van der Waals surface area contributed by atoms with Crippen molar-refractivity contribution in [3.05, 3.63) is 78.0 Å². The van der Waals surface area contributed by atoms with E-state index in [-0.39, 0.29) is 11.9 Å². The monoisotopic (exact) mass is 499 g/mol. The highest BCUT2D eigenvalue weighted by molar-refractivity contribution is 5.78. The molecule has 4 aromatic rings. The summed E-state index contributed by atoms with van der Waals surface area (Å²) < 4.78 is 27.4. The topological polar surface area (TPSA) is 74.1 Å². The van der Waals surface area contributed by atoms with Gasteiger partial charge in [-0.05, 0) is 73.7 Å². The lowest BCUT2D eigenvalue weighted by Crippen LogP contribution is -2.28. The summed E-state index contributed by atoms with van der Waals surface area (Å²) in [5.74, 6) is 2.19. The first-order chi connectivity index (χ1) is 18.2. The van der Waals surface area contributed by atoms with Crippen molar-refractivity contribution >= 4 is 5.95 Å². The van der Waals surface area contributed by atoms with E-state index < -0.39 is 0 Å². The van der Waals surface area contributed by atoms with Gasteiger partial charge in [-0.15, -0.1) is 0 Å². The fourth-order valence-electron chi connectivity index (χ4n) is 5.01. The minimum absolute atomic E-state index is 0.128. The molecule has 0 spiro atoms. The van der Waals surface area contributed by atoms with Gasteiger partial charge in [-0.1, -0.05) is 12.1 Å². The Bertz CT molecular complexity index is 1370. The second-order valence-corrected chi connectivity index (χ2v) is 9.70. The van der Waals surface area contributed by atoms with Crippen molar-refractivity contribution in [2.75, 3.05) is 19.0 Å². The summed E-state index contributed by atoms with van der Waals surface area (Å²) >= 11 is 0. The number of fused-ring (bicyclic) bond motifs is 1. The maximum Gasteiger partial charge on any atom is 0.223 e. The first-order valence-corrected chi connectivity index (χ1v) is 12.9. The van der Waals surface area contributed by atoms with Crippen LogP contribution in [0.25, 0.3) is 22.6 Å². The third-order valence-corrected chi connectivity index (χ3v) is 7.24. The van der Waals surface area contributed by atoms with Crippen molar-refractivity contribution < 1.29 is 13.9 Å². The zero-order valence-electron chi connectivity index (χ0n) is 20.9. The Morgan fingerprint density at radius 2 is 1.81 bits per heavy atom. The first kappa shape index (κ1) is 23.6. The van der Waals surface area contributed by atoms with E-state index in [1.54, 1.807) is 25.4 Å². The van der Waals surface area contributed by atoms with Gasteiger partial charge in [-0.2, -0.15) is 0 Å². The van der Waals surface area contributed by atoms with Crippen molar-refractivity contribution in [2.24, 2.45) is 0 Å². The molecule has 8 heteroatoms. The van der Waals surface area contributed by atoms with Crippen molar-refractivity contribution in [2.45, 2.75) is 50.8 Å². The van der Waals surface area contributed by atoms with E-state index in [1.165, 1.54) is 18.6 Å². The maximum absolute atomic E-state index is 13.7. The Morgan fingerprint density at radius 3 is 2.54 bits per heavy atom. The molecule has 2 aromatic heterocycles. The number of hydrogen-bond donors (Lipinski definition) is 1. The number of rotatable bonds is 9. The summed E-state index contributed by atoms with van der Waals surface area (Å²) in [6, 6.07) is 16.9. The van der Waals surface area contributed by atoms with Crippen LogP contribution in [0.1, 0.15) is 43.1 Å². The van der Waals surface area contributed by atoms with Crippen molar-refractivity contribution in [3.8, 4) is 28.4 Å². The predicted octanol–water partition coefficient (Wildman–Crippen LogP) is 5.82. The van der Waals surface area contributed by atoms with E-state index in [1.807, 2.05) is 30.3 Å². The van der Waals surface area contributed by atoms with Crippen LogP contribution in [0.15, 0.2) is 60.8 Å². The quantitative estimate of drug-likeness (QED) is 0.313. The number of imidazole rings is 1. The molecule has 1 atom stereocenters. The number of aryl methyl sites for hydroxylation is 1. The number of methoxy groups -OCH3 is 1. The standard InChI is InChI=1S/C29H30FN5O2/c1-36-24-12-5-19(6-13-24)17-37-18-23-11-14-26-34-27(20-7-9-21(30)10-8-20)28(35(23)26)25-15-16-31-29(33-25)32-22-3-2-4-22/h5-10,12-13,15-16,22-23H,2-4,11,14,17-18H2,1H3,(H,31,32,33)/t23-/m0/s1. The summed E-state index contributed by atoms with van der Waals surface area (Å²) in [7, 11) is 1.66. The summed E-state index contributed by atoms with van der Waals surface area (Å²) in [6.07, 6.45) is 7.11. The molecule has 1 aliphatic heterocycles. The number of nitrogens with one attached hydrogen (secondary N) is 1. The second-order valence-electron chi connectivity index (χ2n) is 9.70. The lowest BCUT2D eigenvalue weighted by atomic mass is 9.93. The van der Waals surface area contributed by atoms with Gasteiger partial charge >= 0.3 is 0 Å². The molecule has 0 saturated heterocycles. The molecule has 1 fully saturated rings. The van der Waals surface area contributed by atoms with Crippen LogP contribution in [-0.4, -0.2) is 39.3 Å². The van der Waals surface area contributed by atoms with Crippen molar-refractivity contribution in [1.29, 1.82) is 0 Å². The average molecular weight is 500 g/mol. The van der Waals surface area contributed by atoms with Crippen LogP contribution < -0.4 is 10.1 Å². The molecule has 1 N–H and O–H groups in total. The largest absolute Gasteiger partial charge is 0.497 e. The molecule has 0 amide bonds. The summed E-state index contributed by atoms with van der Waals surface area (Å²) in [5.41, 5.74) is 4.50. The summed E-state index contributed by atoms with van der Waals surface area (Å²) in [6.45, 7) is 1.08. The van der Waals surface area contributed by atoms with E-state index in [0.717, 1.165) is 65.5 Å². The highest BCUT2D eigenvalue weighted by atomic mass is 19.1. The van der Waals surface area contributed by atoms with Crippen LogP contribution in [0.4, 0.5) is 10.3 Å². The Hall–Kier alpha value is -3.78. The van der Waals surface area contributed by atoms with E-state index in [0.29, 0.717) is 25.2 Å². The first-order valence-electron chi connectivity index (χ1n) is 12.9. The highest BCUT2D eigenvalue weighted by Gasteiger charge is 2.31. The molecule has 7 nitrogen and oxygen atoms in total. The minimum atomic E-state index is -0.268. The number of hydrogen-bond acceptors (Lipinski definition) is 6. The molecule has 6 rings (SSSR count). The molecule has 190 valence electrons. The van der Waals surface area contributed by atoms with E-state index in [9.17, 15) is 4.39 Å². The summed E-state index contributed by atoms with van der Waals surface area (Å²) in [4.78, 5) is 14.4. The Balaban J connectivity index is 1.30. The molecule has 1 aliphatic carbocycles. The second kappa shape index (κ2) is 10.3. The maximum atomic E-state index is 13.7. The number of anilines is 1. The average Bonchev–Trinajstić information content (AvgIpc) is 3.47. The Kier molecular flexibility index (Phi) is 6.57. The van der Waals surface area contributed by atoms with Gasteiger partial charge in [0.05, 0.1) is 43.4 Å². The third-order valence-electron chi connectivity index (χ3n) is 7.24. The van der Waals surface area contributed by atoms with E-state index >= 15 is 0 Å². The zero-order chi connectivity index (χ0) is 25.2. The summed E-state index contributed by atoms with van der Waals surface area (Å²) in [5, 5.41) is 3.45. The van der Waals surface area contributed by atoms with Crippen LogP contribution >= 0.6 is 0 Å². The molecule has 2 aliphatic rings. The third kappa shape index (κ3) is 4.93. The van der Waals surface area contributed by atoms with Gasteiger partial charge in [0.15, 0.2) is 0 Å². The number of nitrogens with zero attached hydrogens (tertiary/aromatic N) is 4. The molecule has 0 unspecified atom stereocenters. The van der Waals surface area contributed by atoms with Gasteiger partial charge in [0.2, 0.25) is 5.95 Å². The van der Waals surface area contributed by atoms with Gasteiger partial charge < -0.3 is 19.4 Å². The van der Waals surface area contributed by atoms with Crippen LogP contribution in [0, 0.1) is 5.82 Å². The highest BCUT2D eigenvalue weighted by Crippen LogP contribution is 2.39. The molecule has 3 heterocycles. The smallest absolute Gasteiger partial charge is 0.223 e. The van der Waals surface area contributed by atoms with Gasteiger partial charge in [-0.25, -0.2) is 19.3 Å². The zero-order valence-corrected chi connectivity index (χ0v) is 20.9.